The molecular weight excluding hydrogens is 380 g/mol. The van der Waals surface area contributed by atoms with Gasteiger partial charge in [0.05, 0.1) is 25.1 Å². The van der Waals surface area contributed by atoms with Crippen molar-refractivity contribution in [2.75, 3.05) is 25.2 Å². The molecule has 2 aromatic carbocycles. The molecule has 2 aromatic rings. The van der Waals surface area contributed by atoms with E-state index in [0.717, 1.165) is 28.2 Å². The summed E-state index contributed by atoms with van der Waals surface area (Å²) in [5, 5.41) is 4.06. The van der Waals surface area contributed by atoms with Gasteiger partial charge in [-0.3, -0.25) is 4.90 Å². The Morgan fingerprint density at radius 3 is 2.73 bits per heavy atom. The van der Waals surface area contributed by atoms with Crippen molar-refractivity contribution in [3.63, 3.8) is 0 Å². The number of aryl methyl sites for hydroxylation is 1. The standard InChI is InChI=1S/C24H26N2O4/c1-6-14-26(24(27)28-5)22-11-9-8-10-21(22)17-29-23-13-12-20(16-18(23)3)19(4)25-30-15-7-2/h1,7-13,16H,2,14-15,17H2,3-5H3. The van der Waals surface area contributed by atoms with E-state index in [1.165, 1.54) is 12.0 Å². The summed E-state index contributed by atoms with van der Waals surface area (Å²) in [4.78, 5) is 18.7. The fourth-order valence-electron chi connectivity index (χ4n) is 2.78. The van der Waals surface area contributed by atoms with Gasteiger partial charge in [0.2, 0.25) is 0 Å². The minimum Gasteiger partial charge on any atom is -0.489 e. The highest BCUT2D eigenvalue weighted by Crippen LogP contribution is 2.25. The number of rotatable bonds is 9. The molecule has 6 nitrogen and oxygen atoms in total. The molecule has 0 heterocycles. The van der Waals surface area contributed by atoms with Crippen LogP contribution in [-0.2, 0) is 16.2 Å². The van der Waals surface area contributed by atoms with Crippen molar-refractivity contribution in [1.82, 2.24) is 0 Å². The third kappa shape index (κ3) is 5.89. The second kappa shape index (κ2) is 11.3. The fraction of sp³-hybridized carbons (Fsp3) is 0.250. The lowest BCUT2D eigenvalue weighted by atomic mass is 10.1. The summed E-state index contributed by atoms with van der Waals surface area (Å²) in [6.45, 7) is 8.16. The number of terminal acetylenes is 1. The van der Waals surface area contributed by atoms with Crippen LogP contribution >= 0.6 is 0 Å². The molecular formula is C24H26N2O4. The van der Waals surface area contributed by atoms with Crippen molar-refractivity contribution in [3.05, 3.63) is 71.8 Å². The van der Waals surface area contributed by atoms with Crippen LogP contribution in [0.1, 0.15) is 23.6 Å². The summed E-state index contributed by atoms with van der Waals surface area (Å²) in [5.74, 6) is 3.22. The van der Waals surface area contributed by atoms with Gasteiger partial charge in [0.1, 0.15) is 19.0 Å². The Morgan fingerprint density at radius 1 is 1.30 bits per heavy atom. The third-order valence-electron chi connectivity index (χ3n) is 4.30. The van der Waals surface area contributed by atoms with E-state index in [0.29, 0.717) is 12.3 Å². The van der Waals surface area contributed by atoms with Gasteiger partial charge in [-0.2, -0.15) is 0 Å². The number of para-hydroxylation sites is 1. The first kappa shape index (κ1) is 22.6. The maximum absolute atomic E-state index is 12.1. The Morgan fingerprint density at radius 2 is 2.07 bits per heavy atom. The van der Waals surface area contributed by atoms with Gasteiger partial charge in [0.25, 0.3) is 0 Å². The molecule has 0 spiro atoms. The van der Waals surface area contributed by atoms with Gasteiger partial charge >= 0.3 is 6.09 Å². The molecule has 0 aliphatic carbocycles. The molecule has 0 saturated heterocycles. The molecule has 0 atom stereocenters. The summed E-state index contributed by atoms with van der Waals surface area (Å²) in [7, 11) is 1.32. The van der Waals surface area contributed by atoms with Gasteiger partial charge in [0.15, 0.2) is 0 Å². The predicted octanol–water partition coefficient (Wildman–Crippen LogP) is 4.71. The number of nitrogens with zero attached hydrogens (tertiary/aromatic N) is 2. The first-order valence-corrected chi connectivity index (χ1v) is 9.40. The maximum Gasteiger partial charge on any atom is 0.414 e. The first-order chi connectivity index (χ1) is 14.5. The van der Waals surface area contributed by atoms with Crippen molar-refractivity contribution >= 4 is 17.5 Å². The van der Waals surface area contributed by atoms with E-state index in [4.69, 9.17) is 20.7 Å². The van der Waals surface area contributed by atoms with Crippen molar-refractivity contribution < 1.29 is 19.1 Å². The lowest BCUT2D eigenvalue weighted by molar-refractivity contribution is 0.175. The average Bonchev–Trinajstić information content (AvgIpc) is 2.76. The summed E-state index contributed by atoms with van der Waals surface area (Å²) in [5.41, 5.74) is 4.13. The second-order valence-electron chi connectivity index (χ2n) is 6.42. The molecule has 0 aliphatic rings. The van der Waals surface area contributed by atoms with Crippen molar-refractivity contribution in [1.29, 1.82) is 0 Å². The highest BCUT2D eigenvalue weighted by atomic mass is 16.6. The molecule has 0 aliphatic heterocycles. The molecule has 0 fully saturated rings. The Bertz CT molecular complexity index is 960. The zero-order valence-electron chi connectivity index (χ0n) is 17.6. The Hall–Kier alpha value is -3.72. The zero-order valence-corrected chi connectivity index (χ0v) is 17.6. The fourth-order valence-corrected chi connectivity index (χ4v) is 2.78. The molecule has 30 heavy (non-hydrogen) atoms. The molecule has 2 rings (SSSR count). The number of anilines is 1. The monoisotopic (exact) mass is 406 g/mol. The molecule has 0 aromatic heterocycles. The van der Waals surface area contributed by atoms with Crippen LogP contribution in [0.5, 0.6) is 5.75 Å². The number of amides is 1. The van der Waals surface area contributed by atoms with Crippen LogP contribution in [0.2, 0.25) is 0 Å². The number of carbonyl (C=O) groups excluding carboxylic acids is 1. The lowest BCUT2D eigenvalue weighted by Gasteiger charge is -2.22. The van der Waals surface area contributed by atoms with Crippen LogP contribution in [0.4, 0.5) is 10.5 Å². The molecule has 0 unspecified atom stereocenters. The van der Waals surface area contributed by atoms with Crippen molar-refractivity contribution in [2.45, 2.75) is 20.5 Å². The largest absolute Gasteiger partial charge is 0.489 e. The van der Waals surface area contributed by atoms with Crippen LogP contribution in [0.15, 0.2) is 60.3 Å². The molecule has 156 valence electrons. The van der Waals surface area contributed by atoms with Gasteiger partial charge in [-0.1, -0.05) is 41.9 Å². The van der Waals surface area contributed by atoms with E-state index in [1.807, 2.05) is 56.3 Å². The quantitative estimate of drug-likeness (QED) is 0.199. The van der Waals surface area contributed by atoms with E-state index >= 15 is 0 Å². The van der Waals surface area contributed by atoms with Gasteiger partial charge < -0.3 is 14.3 Å². The normalized spacial score (nSPS) is 10.7. The van der Waals surface area contributed by atoms with E-state index in [-0.39, 0.29) is 13.2 Å². The first-order valence-electron chi connectivity index (χ1n) is 9.40. The summed E-state index contributed by atoms with van der Waals surface area (Å²) < 4.78 is 10.9. The van der Waals surface area contributed by atoms with E-state index in [9.17, 15) is 4.79 Å². The molecule has 0 N–H and O–H groups in total. The number of hydrogen-bond donors (Lipinski definition) is 0. The van der Waals surface area contributed by atoms with Crippen molar-refractivity contribution in [2.24, 2.45) is 5.16 Å². The Kier molecular flexibility index (Phi) is 8.52. The number of hydrogen-bond acceptors (Lipinski definition) is 5. The smallest absolute Gasteiger partial charge is 0.414 e. The number of oxime groups is 1. The zero-order chi connectivity index (χ0) is 21.9. The number of carbonyl (C=O) groups is 1. The number of ether oxygens (including phenoxy) is 2. The molecule has 6 heteroatoms. The maximum atomic E-state index is 12.1. The van der Waals surface area contributed by atoms with Crippen LogP contribution in [-0.4, -0.2) is 32.1 Å². The highest BCUT2D eigenvalue weighted by molar-refractivity contribution is 5.98. The van der Waals surface area contributed by atoms with E-state index in [2.05, 4.69) is 17.7 Å². The Labute approximate surface area is 177 Å². The topological polar surface area (TPSA) is 60.4 Å². The average molecular weight is 406 g/mol. The number of methoxy groups -OCH3 is 1. The van der Waals surface area contributed by atoms with E-state index in [1.54, 1.807) is 6.08 Å². The molecule has 1 amide bonds. The molecule has 0 saturated carbocycles. The van der Waals surface area contributed by atoms with Crippen LogP contribution in [0.3, 0.4) is 0 Å². The SMILES string of the molecule is C#CCN(C(=O)OC)c1ccccc1COc1ccc(C(C)=NOCC=C)cc1C. The van der Waals surface area contributed by atoms with Crippen LogP contribution in [0, 0.1) is 19.3 Å². The third-order valence-corrected chi connectivity index (χ3v) is 4.30. The summed E-state index contributed by atoms with van der Waals surface area (Å²) in [6.07, 6.45) is 6.54. The molecule has 0 radical (unpaired) electrons. The number of benzene rings is 2. The summed E-state index contributed by atoms with van der Waals surface area (Å²) in [6, 6.07) is 13.2. The van der Waals surface area contributed by atoms with Crippen LogP contribution in [0.25, 0.3) is 0 Å². The predicted molar refractivity (Wildman–Crippen MR) is 119 cm³/mol. The van der Waals surface area contributed by atoms with E-state index < -0.39 is 6.09 Å². The highest BCUT2D eigenvalue weighted by Gasteiger charge is 2.18. The van der Waals surface area contributed by atoms with Crippen LogP contribution < -0.4 is 9.64 Å². The van der Waals surface area contributed by atoms with Gasteiger partial charge in [0, 0.05) is 5.56 Å². The van der Waals surface area contributed by atoms with Gasteiger partial charge in [-0.05, 0) is 49.2 Å². The van der Waals surface area contributed by atoms with Gasteiger partial charge in [-0.15, -0.1) is 6.42 Å². The second-order valence-corrected chi connectivity index (χ2v) is 6.42. The molecule has 0 bridgehead atoms. The van der Waals surface area contributed by atoms with Gasteiger partial charge in [-0.25, -0.2) is 4.79 Å². The minimum atomic E-state index is -0.519. The Balaban J connectivity index is 2.18. The van der Waals surface area contributed by atoms with Crippen molar-refractivity contribution in [3.8, 4) is 18.1 Å². The summed E-state index contributed by atoms with van der Waals surface area (Å²) >= 11 is 0. The lowest BCUT2D eigenvalue weighted by Crippen LogP contribution is -2.32. The minimum absolute atomic E-state index is 0.101.